The van der Waals surface area contributed by atoms with E-state index in [1.165, 1.54) is 18.1 Å². The van der Waals surface area contributed by atoms with Gasteiger partial charge in [-0.25, -0.2) is 4.79 Å². The van der Waals surface area contributed by atoms with Crippen molar-refractivity contribution in [3.63, 3.8) is 0 Å². The molecule has 0 radical (unpaired) electrons. The molecule has 3 rings (SSSR count). The van der Waals surface area contributed by atoms with E-state index in [9.17, 15) is 35.9 Å². The van der Waals surface area contributed by atoms with Crippen molar-refractivity contribution in [1.29, 1.82) is 5.26 Å². The minimum absolute atomic E-state index is 0.0720. The van der Waals surface area contributed by atoms with Crippen molar-refractivity contribution in [2.75, 3.05) is 20.2 Å². The molecule has 0 bridgehead atoms. The fourth-order valence-corrected chi connectivity index (χ4v) is 4.26. The number of carbonyl (C=O) groups is 2. The molecule has 2 N–H and O–H groups in total. The van der Waals surface area contributed by atoms with Crippen LogP contribution in [-0.2, 0) is 15.7 Å². The van der Waals surface area contributed by atoms with Gasteiger partial charge >= 0.3 is 18.4 Å². The van der Waals surface area contributed by atoms with Gasteiger partial charge in [-0.3, -0.25) is 10.1 Å². The van der Waals surface area contributed by atoms with Crippen LogP contribution in [0.25, 0.3) is 0 Å². The van der Waals surface area contributed by atoms with E-state index in [1.54, 1.807) is 0 Å². The molecular formula is C20H20F6N4O3. The number of halogens is 6. The van der Waals surface area contributed by atoms with Crippen LogP contribution in [0.5, 0.6) is 0 Å². The van der Waals surface area contributed by atoms with Gasteiger partial charge < -0.3 is 15.0 Å². The molecule has 1 aromatic carbocycles. The van der Waals surface area contributed by atoms with Gasteiger partial charge in [0, 0.05) is 19.0 Å². The number of methoxy groups -OCH3 is 1. The summed E-state index contributed by atoms with van der Waals surface area (Å²) in [5.41, 5.74) is -2.29. The Bertz CT molecular complexity index is 959. The number of rotatable bonds is 3. The summed E-state index contributed by atoms with van der Waals surface area (Å²) < 4.78 is 85.5. The second-order valence-electron chi connectivity index (χ2n) is 7.90. The highest BCUT2D eigenvalue weighted by atomic mass is 19.4. The van der Waals surface area contributed by atoms with Crippen molar-refractivity contribution in [3.05, 3.63) is 34.9 Å². The maximum Gasteiger partial charge on any atom is 0.417 e. The lowest BCUT2D eigenvalue weighted by Crippen LogP contribution is -2.49. The number of hydrogen-bond donors (Lipinski definition) is 2. The summed E-state index contributed by atoms with van der Waals surface area (Å²) in [7, 11) is 1.17. The molecule has 33 heavy (non-hydrogen) atoms. The van der Waals surface area contributed by atoms with Gasteiger partial charge in [0.2, 0.25) is 5.91 Å². The quantitative estimate of drug-likeness (QED) is 0.652. The highest BCUT2D eigenvalue weighted by molar-refractivity contribution is 5.83. The Morgan fingerprint density at radius 2 is 1.94 bits per heavy atom. The number of ether oxygens (including phenoxy) is 1. The van der Waals surface area contributed by atoms with Gasteiger partial charge in [0.1, 0.15) is 6.04 Å². The first-order valence-corrected chi connectivity index (χ1v) is 9.92. The fourth-order valence-electron chi connectivity index (χ4n) is 4.26. The molecule has 0 aliphatic carbocycles. The molecule has 0 saturated carbocycles. The molecule has 2 saturated heterocycles. The number of benzene rings is 1. The van der Waals surface area contributed by atoms with E-state index in [4.69, 9.17) is 5.26 Å². The predicted molar refractivity (Wildman–Crippen MR) is 101 cm³/mol. The van der Waals surface area contributed by atoms with Gasteiger partial charge in [0.05, 0.1) is 36.4 Å². The van der Waals surface area contributed by atoms with E-state index in [2.05, 4.69) is 15.4 Å². The summed E-state index contributed by atoms with van der Waals surface area (Å²) in [5.74, 6) is -2.09. The number of amides is 2. The first kappa shape index (κ1) is 24.6. The number of nitriles is 1. The first-order valence-electron chi connectivity index (χ1n) is 9.92. The number of nitrogens with one attached hydrogen (secondary N) is 2. The average molecular weight is 478 g/mol. The zero-order valence-corrected chi connectivity index (χ0v) is 17.3. The Kier molecular flexibility index (Phi) is 6.78. The minimum Gasteiger partial charge on any atom is -0.453 e. The Balaban J connectivity index is 1.82. The van der Waals surface area contributed by atoms with Crippen LogP contribution in [0.4, 0.5) is 31.1 Å². The van der Waals surface area contributed by atoms with E-state index in [0.29, 0.717) is 12.5 Å². The van der Waals surface area contributed by atoms with E-state index in [-0.39, 0.29) is 25.1 Å². The summed E-state index contributed by atoms with van der Waals surface area (Å²) in [6.07, 6.45) is -10.5. The second-order valence-corrected chi connectivity index (χ2v) is 7.90. The number of alkyl carbamates (subject to hydrolysis) is 1. The van der Waals surface area contributed by atoms with Crippen LogP contribution in [0.2, 0.25) is 0 Å². The number of carbonyl (C=O) groups excluding carboxylic acids is 2. The molecule has 2 aliphatic heterocycles. The molecular weight excluding hydrogens is 458 g/mol. The topological polar surface area (TPSA) is 94.5 Å². The van der Waals surface area contributed by atoms with E-state index < -0.39 is 59.5 Å². The lowest BCUT2D eigenvalue weighted by Gasteiger charge is -2.24. The summed E-state index contributed by atoms with van der Waals surface area (Å²) in [5, 5.41) is 13.7. The molecule has 180 valence electrons. The summed E-state index contributed by atoms with van der Waals surface area (Å²) in [6.45, 7) is 0.269. The molecule has 13 heteroatoms. The predicted octanol–water partition coefficient (Wildman–Crippen LogP) is 2.91. The summed E-state index contributed by atoms with van der Waals surface area (Å²) in [4.78, 5) is 25.5. The van der Waals surface area contributed by atoms with Crippen LogP contribution >= 0.6 is 0 Å². The molecule has 1 aromatic rings. The number of alkyl halides is 6. The van der Waals surface area contributed by atoms with Gasteiger partial charge in [-0.15, -0.1) is 0 Å². The molecule has 2 amide bonds. The Morgan fingerprint density at radius 1 is 1.24 bits per heavy atom. The summed E-state index contributed by atoms with van der Waals surface area (Å²) in [6, 6.07) is -0.119. The normalized spacial score (nSPS) is 25.6. The van der Waals surface area contributed by atoms with E-state index in [1.807, 2.05) is 0 Å². The zero-order valence-electron chi connectivity index (χ0n) is 17.3. The molecule has 0 spiro atoms. The average Bonchev–Trinajstić information content (AvgIpc) is 3.39. The highest BCUT2D eigenvalue weighted by Gasteiger charge is 2.53. The van der Waals surface area contributed by atoms with Gasteiger partial charge in [-0.05, 0) is 30.5 Å². The maximum atomic E-state index is 13.7. The van der Waals surface area contributed by atoms with Crippen molar-refractivity contribution in [3.8, 4) is 6.07 Å². The molecule has 4 atom stereocenters. The third-order valence-corrected chi connectivity index (χ3v) is 5.83. The van der Waals surface area contributed by atoms with E-state index >= 15 is 0 Å². The van der Waals surface area contributed by atoms with Gasteiger partial charge in [0.15, 0.2) is 0 Å². The van der Waals surface area contributed by atoms with Crippen LogP contribution in [0.3, 0.4) is 0 Å². The van der Waals surface area contributed by atoms with Gasteiger partial charge in [-0.1, -0.05) is 6.07 Å². The lowest BCUT2D eigenvalue weighted by molar-refractivity contribution is -0.156. The van der Waals surface area contributed by atoms with Crippen LogP contribution in [0.1, 0.15) is 35.4 Å². The molecule has 2 aliphatic rings. The highest BCUT2D eigenvalue weighted by Crippen LogP contribution is 2.42. The molecule has 7 nitrogen and oxygen atoms in total. The first-order chi connectivity index (χ1) is 15.3. The molecule has 0 aromatic heterocycles. The van der Waals surface area contributed by atoms with Crippen LogP contribution in [0, 0.1) is 11.3 Å². The van der Waals surface area contributed by atoms with Crippen LogP contribution in [0.15, 0.2) is 18.2 Å². The Morgan fingerprint density at radius 3 is 2.52 bits per heavy atom. The zero-order chi connectivity index (χ0) is 24.6. The van der Waals surface area contributed by atoms with E-state index in [0.717, 1.165) is 12.1 Å². The minimum atomic E-state index is -4.92. The van der Waals surface area contributed by atoms with Crippen LogP contribution < -0.4 is 10.6 Å². The Labute approximate surface area is 184 Å². The Hall–Kier alpha value is -3.01. The number of likely N-dealkylation sites (tertiary alicyclic amines) is 1. The fraction of sp³-hybridized carbons (Fsp3) is 0.550. The molecule has 3 unspecified atom stereocenters. The number of nitrogens with zero attached hydrogens (tertiary/aromatic N) is 2. The van der Waals surface area contributed by atoms with Crippen molar-refractivity contribution in [2.24, 2.45) is 0 Å². The largest absolute Gasteiger partial charge is 0.453 e. The second kappa shape index (κ2) is 9.09. The van der Waals surface area contributed by atoms with Crippen molar-refractivity contribution in [2.45, 2.75) is 49.2 Å². The monoisotopic (exact) mass is 478 g/mol. The van der Waals surface area contributed by atoms with Crippen molar-refractivity contribution >= 4 is 12.0 Å². The van der Waals surface area contributed by atoms with Crippen molar-refractivity contribution < 1.29 is 40.7 Å². The SMILES string of the molecule is COC(=O)N[C@@H]1CCN(C(=O)C2CC(c3ccc(C#N)c(C(F)(F)F)c3)C(C(F)(F)F)N2)C1. The standard InChI is InChI=1S/C20H20F6N4O3/c1-33-18(32)28-12-4-5-30(9-12)17(31)15-7-13(16(29-15)20(24,25)26)10-2-3-11(8-27)14(6-10)19(21,22)23/h2-3,6,12-13,15-16,29H,4-5,7,9H2,1H3,(H,28,32)/t12-,13?,15?,16?/m1/s1. The van der Waals surface area contributed by atoms with Gasteiger partial charge in [-0.2, -0.15) is 31.6 Å². The summed E-state index contributed by atoms with van der Waals surface area (Å²) >= 11 is 0. The third-order valence-electron chi connectivity index (χ3n) is 5.83. The molecule has 2 fully saturated rings. The lowest BCUT2D eigenvalue weighted by atomic mass is 9.88. The van der Waals surface area contributed by atoms with Gasteiger partial charge in [0.25, 0.3) is 0 Å². The molecule has 2 heterocycles. The number of hydrogen-bond acceptors (Lipinski definition) is 5. The van der Waals surface area contributed by atoms with Crippen LogP contribution in [-0.4, -0.2) is 61.4 Å². The smallest absolute Gasteiger partial charge is 0.417 e. The maximum absolute atomic E-state index is 13.7. The van der Waals surface area contributed by atoms with Crippen molar-refractivity contribution in [1.82, 2.24) is 15.5 Å². The third kappa shape index (κ3) is 5.32.